The predicted octanol–water partition coefficient (Wildman–Crippen LogP) is 2.97. The van der Waals surface area contributed by atoms with Crippen molar-refractivity contribution in [3.63, 3.8) is 0 Å². The number of hydrogen-bond donors (Lipinski definition) is 2. The van der Waals surface area contributed by atoms with Crippen molar-refractivity contribution in [2.24, 2.45) is 11.1 Å². The number of H-pyrrole nitrogens is 1. The van der Waals surface area contributed by atoms with E-state index in [0.29, 0.717) is 6.54 Å². The molecule has 0 spiro atoms. The first-order valence-corrected chi connectivity index (χ1v) is 6.63. The molecule has 0 fully saturated rings. The average molecular weight is 249 g/mol. The summed E-state index contributed by atoms with van der Waals surface area (Å²) in [6.07, 6.45) is 2.92. The van der Waals surface area contributed by atoms with Crippen molar-refractivity contribution >= 4 is 11.3 Å². The molecule has 0 aromatic carbocycles. The Morgan fingerprint density at radius 2 is 2.24 bits per heavy atom. The van der Waals surface area contributed by atoms with Crippen LogP contribution in [0.15, 0.2) is 18.3 Å². The molecular formula is C13H19N3S. The van der Waals surface area contributed by atoms with Crippen molar-refractivity contribution in [1.82, 2.24) is 9.97 Å². The number of nitrogens with one attached hydrogen (secondary N) is 1. The summed E-state index contributed by atoms with van der Waals surface area (Å²) < 4.78 is 0. The fraction of sp³-hybridized carbons (Fsp3) is 0.462. The highest BCUT2D eigenvalue weighted by atomic mass is 32.1. The summed E-state index contributed by atoms with van der Waals surface area (Å²) in [5, 5.41) is 1.07. The van der Waals surface area contributed by atoms with Crippen molar-refractivity contribution in [2.75, 3.05) is 6.54 Å². The van der Waals surface area contributed by atoms with E-state index < -0.39 is 0 Å². The van der Waals surface area contributed by atoms with E-state index in [9.17, 15) is 0 Å². The molecule has 4 heteroatoms. The van der Waals surface area contributed by atoms with Gasteiger partial charge in [-0.1, -0.05) is 13.8 Å². The number of aromatic nitrogens is 2. The molecule has 0 amide bonds. The van der Waals surface area contributed by atoms with Gasteiger partial charge < -0.3 is 10.7 Å². The third-order valence-electron chi connectivity index (χ3n) is 2.91. The number of rotatable bonds is 4. The third-order valence-corrected chi connectivity index (χ3v) is 4.10. The van der Waals surface area contributed by atoms with Crippen LogP contribution in [-0.4, -0.2) is 16.5 Å². The second-order valence-corrected chi connectivity index (χ2v) is 6.24. The van der Waals surface area contributed by atoms with Gasteiger partial charge in [0.2, 0.25) is 0 Å². The second kappa shape index (κ2) is 4.63. The molecule has 0 atom stereocenters. The predicted molar refractivity (Wildman–Crippen MR) is 73.2 cm³/mol. The third kappa shape index (κ3) is 2.76. The zero-order valence-electron chi connectivity index (χ0n) is 10.6. The van der Waals surface area contributed by atoms with Gasteiger partial charge in [0.25, 0.3) is 0 Å². The molecule has 3 nitrogen and oxygen atoms in total. The lowest BCUT2D eigenvalue weighted by Crippen LogP contribution is -2.25. The number of nitrogens with two attached hydrogens (primary N) is 1. The Morgan fingerprint density at radius 1 is 1.47 bits per heavy atom. The van der Waals surface area contributed by atoms with Gasteiger partial charge in [-0.05, 0) is 37.4 Å². The Balaban J connectivity index is 2.26. The van der Waals surface area contributed by atoms with Crippen LogP contribution in [0.3, 0.4) is 0 Å². The fourth-order valence-corrected chi connectivity index (χ4v) is 2.99. The molecule has 2 rings (SSSR count). The largest absolute Gasteiger partial charge is 0.359 e. The van der Waals surface area contributed by atoms with Gasteiger partial charge in [-0.2, -0.15) is 0 Å². The van der Waals surface area contributed by atoms with E-state index in [2.05, 4.69) is 36.8 Å². The standard InChI is InChI=1S/C13H19N3S/c1-9-11(7-13(2,3)8-14)17-12(16-9)10-5-4-6-15-10/h4-6,15H,7-8,14H2,1-3H3. The molecule has 92 valence electrons. The first kappa shape index (κ1) is 12.3. The zero-order valence-corrected chi connectivity index (χ0v) is 11.4. The molecular weight excluding hydrogens is 230 g/mol. The highest BCUT2D eigenvalue weighted by molar-refractivity contribution is 7.15. The van der Waals surface area contributed by atoms with Crippen LogP contribution in [-0.2, 0) is 6.42 Å². The highest BCUT2D eigenvalue weighted by Gasteiger charge is 2.20. The summed E-state index contributed by atoms with van der Waals surface area (Å²) in [5.41, 5.74) is 8.15. The van der Waals surface area contributed by atoms with Gasteiger partial charge in [0.05, 0.1) is 11.4 Å². The minimum atomic E-state index is 0.143. The van der Waals surface area contributed by atoms with Gasteiger partial charge in [0.1, 0.15) is 5.01 Å². The van der Waals surface area contributed by atoms with Gasteiger partial charge in [-0.25, -0.2) is 4.98 Å². The summed E-state index contributed by atoms with van der Waals surface area (Å²) >= 11 is 1.76. The Labute approximate surface area is 106 Å². The second-order valence-electron chi connectivity index (χ2n) is 5.16. The van der Waals surface area contributed by atoms with Crippen LogP contribution in [0.1, 0.15) is 24.4 Å². The summed E-state index contributed by atoms with van der Waals surface area (Å²) in [4.78, 5) is 9.15. The molecule has 0 saturated heterocycles. The van der Waals surface area contributed by atoms with Crippen molar-refractivity contribution in [2.45, 2.75) is 27.2 Å². The van der Waals surface area contributed by atoms with Crippen molar-refractivity contribution in [3.8, 4) is 10.7 Å². The van der Waals surface area contributed by atoms with E-state index in [1.807, 2.05) is 12.3 Å². The topological polar surface area (TPSA) is 54.7 Å². The highest BCUT2D eigenvalue weighted by Crippen LogP contribution is 2.31. The molecule has 0 saturated carbocycles. The molecule has 0 aliphatic heterocycles. The summed E-state index contributed by atoms with van der Waals surface area (Å²) in [6.45, 7) is 7.16. The molecule has 2 aromatic rings. The molecule has 2 heterocycles. The Bertz CT molecular complexity index is 483. The molecule has 0 aliphatic carbocycles. The van der Waals surface area contributed by atoms with Gasteiger partial charge >= 0.3 is 0 Å². The number of nitrogens with zero attached hydrogens (tertiary/aromatic N) is 1. The SMILES string of the molecule is Cc1nc(-c2ccc[nH]2)sc1CC(C)(C)CN. The first-order chi connectivity index (χ1) is 8.02. The quantitative estimate of drug-likeness (QED) is 0.875. The lowest BCUT2D eigenvalue weighted by molar-refractivity contribution is 0.379. The van der Waals surface area contributed by atoms with Crippen LogP contribution >= 0.6 is 11.3 Å². The minimum absolute atomic E-state index is 0.143. The van der Waals surface area contributed by atoms with Crippen LogP contribution in [0.25, 0.3) is 10.7 Å². The number of aromatic amines is 1. The van der Waals surface area contributed by atoms with E-state index in [1.54, 1.807) is 11.3 Å². The smallest absolute Gasteiger partial charge is 0.140 e. The van der Waals surface area contributed by atoms with E-state index in [-0.39, 0.29) is 5.41 Å². The normalized spacial score (nSPS) is 12.0. The van der Waals surface area contributed by atoms with Crippen LogP contribution in [0.5, 0.6) is 0 Å². The van der Waals surface area contributed by atoms with Crippen LogP contribution in [0.2, 0.25) is 0 Å². The Hall–Kier alpha value is -1.13. The van der Waals surface area contributed by atoms with Crippen molar-refractivity contribution in [3.05, 3.63) is 28.9 Å². The zero-order chi connectivity index (χ0) is 12.5. The number of hydrogen-bond acceptors (Lipinski definition) is 3. The van der Waals surface area contributed by atoms with Crippen molar-refractivity contribution in [1.29, 1.82) is 0 Å². The van der Waals surface area contributed by atoms with E-state index in [4.69, 9.17) is 5.73 Å². The van der Waals surface area contributed by atoms with Crippen LogP contribution < -0.4 is 5.73 Å². The van der Waals surface area contributed by atoms with Gasteiger partial charge in [-0.15, -0.1) is 11.3 Å². The maximum atomic E-state index is 5.78. The number of thiazole rings is 1. The van der Waals surface area contributed by atoms with E-state index >= 15 is 0 Å². The van der Waals surface area contributed by atoms with Crippen LogP contribution in [0, 0.1) is 12.3 Å². The van der Waals surface area contributed by atoms with Gasteiger partial charge in [0.15, 0.2) is 0 Å². The fourth-order valence-electron chi connectivity index (χ4n) is 1.68. The summed E-state index contributed by atoms with van der Waals surface area (Å²) in [7, 11) is 0. The Morgan fingerprint density at radius 3 is 2.82 bits per heavy atom. The molecule has 0 aliphatic rings. The van der Waals surface area contributed by atoms with Crippen LogP contribution in [0.4, 0.5) is 0 Å². The number of aryl methyl sites for hydroxylation is 1. The lowest BCUT2D eigenvalue weighted by Gasteiger charge is -2.21. The maximum absolute atomic E-state index is 5.78. The monoisotopic (exact) mass is 249 g/mol. The van der Waals surface area contributed by atoms with Crippen molar-refractivity contribution < 1.29 is 0 Å². The minimum Gasteiger partial charge on any atom is -0.359 e. The molecule has 0 unspecified atom stereocenters. The maximum Gasteiger partial charge on any atom is 0.140 e. The lowest BCUT2D eigenvalue weighted by atomic mass is 9.88. The first-order valence-electron chi connectivity index (χ1n) is 5.82. The molecule has 2 aromatic heterocycles. The van der Waals surface area contributed by atoms with E-state index in [0.717, 1.165) is 22.8 Å². The molecule has 17 heavy (non-hydrogen) atoms. The molecule has 0 radical (unpaired) electrons. The van der Waals surface area contributed by atoms with Gasteiger partial charge in [-0.3, -0.25) is 0 Å². The average Bonchev–Trinajstić information content (AvgIpc) is 2.89. The Kier molecular flexibility index (Phi) is 3.35. The summed E-state index contributed by atoms with van der Waals surface area (Å²) in [6, 6.07) is 4.05. The molecule has 3 N–H and O–H groups in total. The van der Waals surface area contributed by atoms with Gasteiger partial charge in [0, 0.05) is 11.1 Å². The molecule has 0 bridgehead atoms. The summed E-state index contributed by atoms with van der Waals surface area (Å²) in [5.74, 6) is 0. The van der Waals surface area contributed by atoms with E-state index in [1.165, 1.54) is 4.88 Å².